The molecule has 5 rings (SSSR count). The van der Waals surface area contributed by atoms with Crippen LogP contribution in [0, 0.1) is 11.3 Å². The molecule has 33 heavy (non-hydrogen) atoms. The summed E-state index contributed by atoms with van der Waals surface area (Å²) in [7, 11) is 0. The number of nitrogens with zero attached hydrogens (tertiary/aromatic N) is 3. The Balaban J connectivity index is 1.46. The van der Waals surface area contributed by atoms with Gasteiger partial charge in [0.05, 0.1) is 11.3 Å². The predicted molar refractivity (Wildman–Crippen MR) is 122 cm³/mol. The van der Waals surface area contributed by atoms with Crippen LogP contribution >= 0.6 is 0 Å². The van der Waals surface area contributed by atoms with Crippen molar-refractivity contribution in [3.05, 3.63) is 53.2 Å². The molecular formula is C26H27F3N4. The van der Waals surface area contributed by atoms with Crippen LogP contribution in [0.15, 0.2) is 36.4 Å². The van der Waals surface area contributed by atoms with Gasteiger partial charge in [-0.1, -0.05) is 24.3 Å². The third-order valence-corrected chi connectivity index (χ3v) is 7.00. The highest BCUT2D eigenvalue weighted by atomic mass is 19.4. The quantitative estimate of drug-likeness (QED) is 0.460. The van der Waals surface area contributed by atoms with E-state index in [1.165, 1.54) is 19.3 Å². The van der Waals surface area contributed by atoms with Gasteiger partial charge in [0.25, 0.3) is 0 Å². The molecule has 2 heterocycles. The number of hydrogen-bond acceptors (Lipinski definition) is 3. The molecule has 3 aromatic rings. The van der Waals surface area contributed by atoms with Crippen LogP contribution in [-0.2, 0) is 6.42 Å². The first-order chi connectivity index (χ1) is 15.9. The van der Waals surface area contributed by atoms with E-state index >= 15 is 0 Å². The number of aromatic nitrogens is 2. The molecule has 172 valence electrons. The SMILES string of the molecule is CC(NCCc1ccc(-c2c(C#N)c3ccc(C4CC4)nc3n2C2CCC2)cc1)C(F)(F)F. The highest BCUT2D eigenvalue weighted by Crippen LogP contribution is 2.44. The smallest absolute Gasteiger partial charge is 0.321 e. The van der Waals surface area contributed by atoms with Gasteiger partial charge >= 0.3 is 6.18 Å². The van der Waals surface area contributed by atoms with Crippen LogP contribution in [0.3, 0.4) is 0 Å². The molecule has 2 fully saturated rings. The van der Waals surface area contributed by atoms with E-state index in [4.69, 9.17) is 4.98 Å². The molecule has 2 aromatic heterocycles. The highest BCUT2D eigenvalue weighted by Gasteiger charge is 2.35. The van der Waals surface area contributed by atoms with E-state index in [1.807, 2.05) is 24.3 Å². The average Bonchev–Trinajstić information content (AvgIpc) is 3.56. The molecule has 7 heteroatoms. The second-order valence-corrected chi connectivity index (χ2v) is 9.34. The van der Waals surface area contributed by atoms with Gasteiger partial charge in [0.1, 0.15) is 17.8 Å². The van der Waals surface area contributed by atoms with Crippen molar-refractivity contribution in [1.29, 1.82) is 5.26 Å². The van der Waals surface area contributed by atoms with Gasteiger partial charge in [-0.05, 0) is 75.3 Å². The number of alkyl halides is 3. The fourth-order valence-corrected chi connectivity index (χ4v) is 4.58. The summed E-state index contributed by atoms with van der Waals surface area (Å²) in [6.07, 6.45) is 1.97. The molecule has 0 amide bonds. The Morgan fingerprint density at radius 2 is 1.85 bits per heavy atom. The van der Waals surface area contributed by atoms with E-state index in [1.54, 1.807) is 0 Å². The lowest BCUT2D eigenvalue weighted by Crippen LogP contribution is -2.40. The lowest BCUT2D eigenvalue weighted by atomic mass is 9.92. The fourth-order valence-electron chi connectivity index (χ4n) is 4.58. The van der Waals surface area contributed by atoms with Crippen LogP contribution in [0.1, 0.15) is 67.8 Å². The maximum Gasteiger partial charge on any atom is 0.403 e. The minimum absolute atomic E-state index is 0.250. The number of benzene rings is 1. The molecule has 0 spiro atoms. The van der Waals surface area contributed by atoms with E-state index in [0.29, 0.717) is 23.9 Å². The summed E-state index contributed by atoms with van der Waals surface area (Å²) < 4.78 is 40.3. The van der Waals surface area contributed by atoms with Crippen molar-refractivity contribution in [2.45, 2.75) is 69.6 Å². The van der Waals surface area contributed by atoms with Gasteiger partial charge in [-0.3, -0.25) is 0 Å². The van der Waals surface area contributed by atoms with E-state index < -0.39 is 12.2 Å². The summed E-state index contributed by atoms with van der Waals surface area (Å²) in [6.45, 7) is 1.38. The van der Waals surface area contributed by atoms with Gasteiger partial charge in [0.2, 0.25) is 0 Å². The third-order valence-electron chi connectivity index (χ3n) is 7.00. The van der Waals surface area contributed by atoms with Gasteiger partial charge < -0.3 is 9.88 Å². The van der Waals surface area contributed by atoms with Gasteiger partial charge in [-0.15, -0.1) is 0 Å². The largest absolute Gasteiger partial charge is 0.403 e. The number of nitriles is 1. The maximum atomic E-state index is 12.7. The van der Waals surface area contributed by atoms with Gasteiger partial charge in [0.15, 0.2) is 0 Å². The Morgan fingerprint density at radius 1 is 1.12 bits per heavy atom. The number of rotatable bonds is 7. The zero-order chi connectivity index (χ0) is 23.2. The lowest BCUT2D eigenvalue weighted by molar-refractivity contribution is -0.151. The Hall–Kier alpha value is -2.85. The minimum Gasteiger partial charge on any atom is -0.321 e. The first kappa shape index (κ1) is 22.0. The lowest BCUT2D eigenvalue weighted by Gasteiger charge is -2.29. The molecule has 4 nitrogen and oxygen atoms in total. The summed E-state index contributed by atoms with van der Waals surface area (Å²) >= 11 is 0. The zero-order valence-corrected chi connectivity index (χ0v) is 18.6. The molecule has 0 radical (unpaired) electrons. The predicted octanol–water partition coefficient (Wildman–Crippen LogP) is 6.26. The number of halogens is 3. The van der Waals surface area contributed by atoms with Crippen LogP contribution in [0.2, 0.25) is 0 Å². The van der Waals surface area contributed by atoms with Crippen molar-refractivity contribution in [2.24, 2.45) is 0 Å². The summed E-state index contributed by atoms with van der Waals surface area (Å²) in [6, 6.07) is 13.2. The molecule has 1 N–H and O–H groups in total. The molecule has 1 unspecified atom stereocenters. The topological polar surface area (TPSA) is 53.6 Å². The summed E-state index contributed by atoms with van der Waals surface area (Å²) in [5, 5.41) is 13.5. The highest BCUT2D eigenvalue weighted by molar-refractivity contribution is 5.92. The van der Waals surface area contributed by atoms with Crippen LogP contribution in [0.25, 0.3) is 22.3 Å². The van der Waals surface area contributed by atoms with Crippen molar-refractivity contribution in [2.75, 3.05) is 6.54 Å². The van der Waals surface area contributed by atoms with Crippen molar-refractivity contribution < 1.29 is 13.2 Å². The van der Waals surface area contributed by atoms with Crippen LogP contribution in [-0.4, -0.2) is 28.3 Å². The standard InChI is InChI=1S/C26H27F3N4/c1-16(26(27,28)29)31-14-13-17-5-7-19(8-6-17)24-22(15-30)21-11-12-23(18-9-10-18)32-25(21)33(24)20-3-2-4-20/h5-8,11-12,16,18,20,31H,2-4,9-10,13-14H2,1H3. The monoisotopic (exact) mass is 452 g/mol. The number of nitrogens with one attached hydrogen (secondary N) is 1. The zero-order valence-electron chi connectivity index (χ0n) is 18.6. The molecule has 0 aliphatic heterocycles. The summed E-state index contributed by atoms with van der Waals surface area (Å²) in [5.74, 6) is 0.543. The third kappa shape index (κ3) is 4.24. The van der Waals surface area contributed by atoms with Crippen molar-refractivity contribution >= 4 is 11.0 Å². The van der Waals surface area contributed by atoms with E-state index in [0.717, 1.165) is 53.3 Å². The fraction of sp³-hybridized carbons (Fsp3) is 0.462. The minimum atomic E-state index is -4.24. The Kier molecular flexibility index (Phi) is 5.65. The van der Waals surface area contributed by atoms with Crippen LogP contribution in [0.5, 0.6) is 0 Å². The number of pyridine rings is 1. The Bertz CT molecular complexity index is 1200. The molecule has 0 bridgehead atoms. The van der Waals surface area contributed by atoms with Crippen molar-refractivity contribution in [3.8, 4) is 17.3 Å². The second-order valence-electron chi connectivity index (χ2n) is 9.34. The normalized spacial score (nSPS) is 17.7. The Labute approximate surface area is 191 Å². The van der Waals surface area contributed by atoms with Crippen molar-refractivity contribution in [3.63, 3.8) is 0 Å². The molecule has 1 atom stereocenters. The molecular weight excluding hydrogens is 425 g/mol. The van der Waals surface area contributed by atoms with Crippen molar-refractivity contribution in [1.82, 2.24) is 14.9 Å². The maximum absolute atomic E-state index is 12.7. The number of fused-ring (bicyclic) bond motifs is 1. The second kappa shape index (κ2) is 8.49. The van der Waals surface area contributed by atoms with Crippen LogP contribution < -0.4 is 5.32 Å². The summed E-state index contributed by atoms with van der Waals surface area (Å²) in [4.78, 5) is 5.00. The Morgan fingerprint density at radius 3 is 2.42 bits per heavy atom. The van der Waals surface area contributed by atoms with E-state index in [-0.39, 0.29) is 6.54 Å². The molecule has 1 aromatic carbocycles. The van der Waals surface area contributed by atoms with Gasteiger partial charge in [0, 0.05) is 23.0 Å². The average molecular weight is 453 g/mol. The first-order valence-corrected chi connectivity index (χ1v) is 11.7. The van der Waals surface area contributed by atoms with Gasteiger partial charge in [-0.25, -0.2) is 4.98 Å². The molecule has 2 aliphatic carbocycles. The number of hydrogen-bond donors (Lipinski definition) is 1. The first-order valence-electron chi connectivity index (χ1n) is 11.7. The molecule has 2 saturated carbocycles. The molecule has 0 saturated heterocycles. The molecule has 2 aliphatic rings. The van der Waals surface area contributed by atoms with Gasteiger partial charge in [-0.2, -0.15) is 18.4 Å². The van der Waals surface area contributed by atoms with Crippen LogP contribution in [0.4, 0.5) is 13.2 Å². The van der Waals surface area contributed by atoms with E-state index in [2.05, 4.69) is 28.1 Å². The van der Waals surface area contributed by atoms with E-state index in [9.17, 15) is 18.4 Å². The summed E-state index contributed by atoms with van der Waals surface area (Å²) in [5.41, 5.74) is 5.50.